The summed E-state index contributed by atoms with van der Waals surface area (Å²) in [5.74, 6) is -0.105. The van der Waals surface area contributed by atoms with Crippen LogP contribution in [0.4, 0.5) is 0 Å². The van der Waals surface area contributed by atoms with E-state index >= 15 is 0 Å². The molecule has 1 aliphatic rings. The van der Waals surface area contributed by atoms with Gasteiger partial charge in [0.25, 0.3) is 0 Å². The molecule has 45 heavy (non-hydrogen) atoms. The van der Waals surface area contributed by atoms with Crippen LogP contribution in [0, 0.1) is 5.92 Å². The molecule has 4 N–H and O–H groups in total. The number of amides is 4. The van der Waals surface area contributed by atoms with Crippen LogP contribution in [0.15, 0.2) is 72.8 Å². The summed E-state index contributed by atoms with van der Waals surface area (Å²) < 4.78 is 4.25. The molecular weight excluding hydrogens is 572 g/mol. The Morgan fingerprint density at radius 3 is 2.22 bits per heavy atom. The first-order valence-corrected chi connectivity index (χ1v) is 15.0. The van der Waals surface area contributed by atoms with Crippen molar-refractivity contribution in [1.82, 2.24) is 21.3 Å². The molecule has 1 saturated heterocycles. The quantitative estimate of drug-likeness (QED) is 0.242. The summed E-state index contributed by atoms with van der Waals surface area (Å²) in [5.41, 5.74) is 2.32. The molecule has 3 aromatic carbocycles. The minimum absolute atomic E-state index is 0.0157. The van der Waals surface area contributed by atoms with E-state index in [0.29, 0.717) is 19.3 Å². The van der Waals surface area contributed by atoms with E-state index in [1.165, 1.54) is 16.3 Å². The Morgan fingerprint density at radius 2 is 1.56 bits per heavy atom. The van der Waals surface area contributed by atoms with Crippen LogP contribution in [-0.2, 0) is 41.6 Å². The van der Waals surface area contributed by atoms with Crippen molar-refractivity contribution in [2.24, 2.45) is 5.92 Å². The predicted octanol–water partition coefficient (Wildman–Crippen LogP) is 3.36. The Bertz CT molecular complexity index is 1300. The van der Waals surface area contributed by atoms with Crippen molar-refractivity contribution in [2.45, 2.75) is 58.0 Å². The van der Waals surface area contributed by atoms with Crippen molar-refractivity contribution in [3.05, 3.63) is 83.9 Å². The van der Waals surface area contributed by atoms with Crippen LogP contribution < -0.4 is 21.3 Å². The normalized spacial score (nSPS) is 14.7. The maximum atomic E-state index is 12.2. The van der Waals surface area contributed by atoms with Gasteiger partial charge in [0.2, 0.25) is 24.1 Å². The second-order valence-corrected chi connectivity index (χ2v) is 10.7. The van der Waals surface area contributed by atoms with Crippen LogP contribution in [0.2, 0.25) is 0 Å². The second kappa shape index (κ2) is 22.9. The Morgan fingerprint density at radius 1 is 0.933 bits per heavy atom. The largest absolute Gasteiger partial charge is 0.388 e. The van der Waals surface area contributed by atoms with Crippen LogP contribution in [-0.4, -0.2) is 70.3 Å². The molecule has 1 fully saturated rings. The average Bonchev–Trinajstić information content (AvgIpc) is 3.03. The van der Waals surface area contributed by atoms with Crippen LogP contribution in [0.5, 0.6) is 0 Å². The van der Waals surface area contributed by atoms with Gasteiger partial charge in [-0.2, -0.15) is 0 Å². The van der Waals surface area contributed by atoms with Gasteiger partial charge in [0.1, 0.15) is 6.79 Å². The number of hydrogen-bond donors (Lipinski definition) is 4. The number of methoxy groups -OCH3 is 1. The molecule has 3 aromatic rings. The van der Waals surface area contributed by atoms with E-state index in [1.54, 1.807) is 14.2 Å². The number of hydrogen-bond acceptors (Lipinski definition) is 6. The van der Waals surface area contributed by atoms with Gasteiger partial charge in [0, 0.05) is 38.8 Å². The van der Waals surface area contributed by atoms with E-state index < -0.39 is 0 Å². The fourth-order valence-corrected chi connectivity index (χ4v) is 4.96. The fourth-order valence-electron chi connectivity index (χ4n) is 4.96. The molecule has 3 atom stereocenters. The van der Waals surface area contributed by atoms with Gasteiger partial charge < -0.3 is 30.8 Å². The number of carbonyl (C=O) groups is 5. The van der Waals surface area contributed by atoms with Gasteiger partial charge in [0.05, 0.1) is 13.0 Å². The Hall–Kier alpha value is -4.57. The van der Waals surface area contributed by atoms with Crippen molar-refractivity contribution >= 4 is 41.7 Å². The Kier molecular flexibility index (Phi) is 19.6. The lowest BCUT2D eigenvalue weighted by Crippen LogP contribution is -2.43. The third-order valence-corrected chi connectivity index (χ3v) is 6.81. The monoisotopic (exact) mass is 620 g/mol. The molecule has 3 unspecified atom stereocenters. The number of rotatable bonds is 11. The van der Waals surface area contributed by atoms with Gasteiger partial charge in [-0.15, -0.1) is 0 Å². The molecule has 4 rings (SSSR count). The summed E-state index contributed by atoms with van der Waals surface area (Å²) in [4.78, 5) is 53.0. The third-order valence-electron chi connectivity index (χ3n) is 6.81. The maximum absolute atomic E-state index is 12.2. The third kappa shape index (κ3) is 15.6. The number of fused-ring (bicyclic) bond motifs is 1. The summed E-state index contributed by atoms with van der Waals surface area (Å²) in [6.45, 7) is 6.65. The lowest BCUT2D eigenvalue weighted by molar-refractivity contribution is -0.128. The van der Waals surface area contributed by atoms with Gasteiger partial charge >= 0.3 is 0 Å². The highest BCUT2D eigenvalue weighted by molar-refractivity contribution is 5.86. The number of benzene rings is 3. The molecule has 1 aliphatic heterocycles. The molecular formula is C35H48N4O6. The van der Waals surface area contributed by atoms with Gasteiger partial charge in [0.15, 0.2) is 0 Å². The zero-order chi connectivity index (χ0) is 33.5. The van der Waals surface area contributed by atoms with Crippen molar-refractivity contribution < 1.29 is 28.7 Å². The minimum Gasteiger partial charge on any atom is -0.388 e. The molecule has 0 spiro atoms. The Labute approximate surface area is 266 Å². The van der Waals surface area contributed by atoms with E-state index in [2.05, 4.69) is 75.4 Å². The van der Waals surface area contributed by atoms with Crippen LogP contribution in [0.3, 0.4) is 0 Å². The van der Waals surface area contributed by atoms with E-state index in [0.717, 1.165) is 31.4 Å². The van der Waals surface area contributed by atoms with Gasteiger partial charge in [-0.05, 0) is 61.4 Å². The van der Waals surface area contributed by atoms with Gasteiger partial charge in [-0.3, -0.25) is 19.2 Å². The lowest BCUT2D eigenvalue weighted by atomic mass is 9.92. The maximum Gasteiger partial charge on any atom is 0.239 e. The molecule has 4 amide bonds. The van der Waals surface area contributed by atoms with Crippen molar-refractivity contribution in [3.8, 4) is 0 Å². The van der Waals surface area contributed by atoms with Crippen LogP contribution in [0.25, 0.3) is 10.8 Å². The second-order valence-electron chi connectivity index (χ2n) is 10.7. The van der Waals surface area contributed by atoms with E-state index in [-0.39, 0.29) is 42.3 Å². The lowest BCUT2D eigenvalue weighted by Gasteiger charge is -2.24. The number of nitrogens with one attached hydrogen (secondary N) is 4. The van der Waals surface area contributed by atoms with E-state index in [1.807, 2.05) is 44.0 Å². The number of piperidine rings is 1. The van der Waals surface area contributed by atoms with Crippen LogP contribution in [0.1, 0.15) is 44.2 Å². The molecule has 0 radical (unpaired) electrons. The summed E-state index contributed by atoms with van der Waals surface area (Å²) in [7, 11) is 3.25. The van der Waals surface area contributed by atoms with Crippen molar-refractivity contribution in [2.75, 3.05) is 27.3 Å². The zero-order valence-corrected chi connectivity index (χ0v) is 26.8. The summed E-state index contributed by atoms with van der Waals surface area (Å²) in [5, 5.41) is 13.5. The standard InChI is InChI=1S/C21H21NO.C11H19N3O3.C2H6O.CH2O/c1-16(22-21(23)15-17-8-3-2-4-9-17)14-19-12-7-11-18-10-5-6-13-20(18)19;1-8(14-10(16)6-12-7-15)5-9-3-2-4-13-11(9)17;1-3-2;1-2/h2-13,16H,14-15H2,1H3,(H,22,23);7-9H,2-6H2,1H3,(H,12,15)(H,13,17)(H,14,16);1-2H3;1H2. The fraction of sp³-hybridized carbons (Fsp3) is 0.400. The highest BCUT2D eigenvalue weighted by atomic mass is 16.4. The highest BCUT2D eigenvalue weighted by Gasteiger charge is 2.24. The molecule has 10 nitrogen and oxygen atoms in total. The first kappa shape index (κ1) is 38.5. The molecule has 0 aromatic heterocycles. The number of carbonyl (C=O) groups excluding carboxylic acids is 5. The molecule has 10 heteroatoms. The van der Waals surface area contributed by atoms with Crippen LogP contribution >= 0.6 is 0 Å². The first-order valence-electron chi connectivity index (χ1n) is 15.0. The SMILES string of the molecule is C=O.CC(CC1CCCNC1=O)NC(=O)CNC=O.CC(Cc1cccc2ccccc12)NC(=O)Cc1ccccc1.COC. The van der Waals surface area contributed by atoms with E-state index in [4.69, 9.17) is 4.79 Å². The number of ether oxygens (including phenoxy) is 1. The van der Waals surface area contributed by atoms with Crippen molar-refractivity contribution in [1.29, 1.82) is 0 Å². The predicted molar refractivity (Wildman–Crippen MR) is 177 cm³/mol. The van der Waals surface area contributed by atoms with Gasteiger partial charge in [-0.25, -0.2) is 0 Å². The minimum atomic E-state index is -0.235. The summed E-state index contributed by atoms with van der Waals surface area (Å²) >= 11 is 0. The topological polar surface area (TPSA) is 143 Å². The highest BCUT2D eigenvalue weighted by Crippen LogP contribution is 2.20. The molecule has 0 bridgehead atoms. The smallest absolute Gasteiger partial charge is 0.239 e. The average molecular weight is 621 g/mol. The summed E-state index contributed by atoms with van der Waals surface area (Å²) in [6, 6.07) is 24.6. The first-order chi connectivity index (χ1) is 21.8. The molecule has 0 aliphatic carbocycles. The van der Waals surface area contributed by atoms with E-state index in [9.17, 15) is 19.2 Å². The molecule has 0 saturated carbocycles. The van der Waals surface area contributed by atoms with Crippen molar-refractivity contribution in [3.63, 3.8) is 0 Å². The van der Waals surface area contributed by atoms with Gasteiger partial charge in [-0.1, -0.05) is 72.8 Å². The molecule has 1 heterocycles. The zero-order valence-electron chi connectivity index (χ0n) is 26.8. The summed E-state index contributed by atoms with van der Waals surface area (Å²) in [6.07, 6.45) is 4.25. The Balaban J connectivity index is 0.000000408. The molecule has 244 valence electrons.